The van der Waals surface area contributed by atoms with Crippen LogP contribution in [-0.4, -0.2) is 9.78 Å². The normalized spacial score (nSPS) is 12.0. The summed E-state index contributed by atoms with van der Waals surface area (Å²) in [5.41, 5.74) is 18.0. The SMILES string of the molecule is CC(C)(C)n1nc(CN)c(N)c1N. The van der Waals surface area contributed by atoms with Crippen LogP contribution in [-0.2, 0) is 12.1 Å². The average Bonchev–Trinajstić information content (AvgIpc) is 2.28. The number of anilines is 2. The van der Waals surface area contributed by atoms with Crippen molar-refractivity contribution in [1.29, 1.82) is 0 Å². The van der Waals surface area contributed by atoms with E-state index in [1.165, 1.54) is 0 Å². The second-order valence-electron chi connectivity index (χ2n) is 4.03. The van der Waals surface area contributed by atoms with Crippen molar-refractivity contribution in [2.45, 2.75) is 32.9 Å². The molecule has 0 radical (unpaired) electrons. The Hall–Kier alpha value is -1.23. The van der Waals surface area contributed by atoms with E-state index in [1.54, 1.807) is 4.68 Å². The van der Waals surface area contributed by atoms with Crippen LogP contribution in [0.5, 0.6) is 0 Å². The van der Waals surface area contributed by atoms with E-state index in [0.29, 0.717) is 23.7 Å². The Bertz CT molecular complexity index is 307. The number of rotatable bonds is 1. The molecule has 0 spiro atoms. The molecule has 0 atom stereocenters. The maximum absolute atomic E-state index is 5.79. The molecule has 0 aliphatic carbocycles. The predicted octanol–water partition coefficient (Wildman–Crippen LogP) is 0.261. The molecule has 0 bridgehead atoms. The number of nitrogens with two attached hydrogens (primary N) is 3. The number of hydrogen-bond acceptors (Lipinski definition) is 4. The molecule has 1 aromatic heterocycles. The van der Waals surface area contributed by atoms with Gasteiger partial charge in [0, 0.05) is 6.54 Å². The van der Waals surface area contributed by atoms with Gasteiger partial charge in [-0.05, 0) is 20.8 Å². The molecule has 0 amide bonds. The van der Waals surface area contributed by atoms with Gasteiger partial charge >= 0.3 is 0 Å². The number of nitrogens with zero attached hydrogens (tertiary/aromatic N) is 2. The smallest absolute Gasteiger partial charge is 0.146 e. The van der Waals surface area contributed by atoms with E-state index in [4.69, 9.17) is 17.2 Å². The zero-order valence-electron chi connectivity index (χ0n) is 8.33. The molecular weight excluding hydrogens is 166 g/mol. The summed E-state index contributed by atoms with van der Waals surface area (Å²) in [6.45, 7) is 6.35. The van der Waals surface area contributed by atoms with Gasteiger partial charge in [0.15, 0.2) is 0 Å². The quantitative estimate of drug-likeness (QED) is 0.582. The number of hydrogen-bond donors (Lipinski definition) is 3. The van der Waals surface area contributed by atoms with Crippen molar-refractivity contribution >= 4 is 11.5 Å². The van der Waals surface area contributed by atoms with Gasteiger partial charge in [-0.2, -0.15) is 5.10 Å². The summed E-state index contributed by atoms with van der Waals surface area (Å²) in [5, 5.41) is 4.24. The summed E-state index contributed by atoms with van der Waals surface area (Å²) < 4.78 is 1.70. The minimum Gasteiger partial charge on any atom is -0.394 e. The molecule has 0 saturated heterocycles. The van der Waals surface area contributed by atoms with Crippen molar-refractivity contribution in [1.82, 2.24) is 9.78 Å². The molecule has 13 heavy (non-hydrogen) atoms. The Morgan fingerprint density at radius 3 is 2.08 bits per heavy atom. The van der Waals surface area contributed by atoms with Crippen molar-refractivity contribution < 1.29 is 0 Å². The summed E-state index contributed by atoms with van der Waals surface area (Å²) in [7, 11) is 0. The van der Waals surface area contributed by atoms with Crippen LogP contribution < -0.4 is 17.2 Å². The largest absolute Gasteiger partial charge is 0.394 e. The van der Waals surface area contributed by atoms with Gasteiger partial charge in [-0.3, -0.25) is 0 Å². The Kier molecular flexibility index (Phi) is 2.21. The van der Waals surface area contributed by atoms with Gasteiger partial charge in [0.25, 0.3) is 0 Å². The molecule has 5 nitrogen and oxygen atoms in total. The number of aromatic nitrogens is 2. The van der Waals surface area contributed by atoms with E-state index in [1.807, 2.05) is 20.8 Å². The van der Waals surface area contributed by atoms with E-state index < -0.39 is 0 Å². The average molecular weight is 183 g/mol. The van der Waals surface area contributed by atoms with Gasteiger partial charge in [-0.25, -0.2) is 4.68 Å². The molecule has 1 rings (SSSR count). The van der Waals surface area contributed by atoms with E-state index in [2.05, 4.69) is 5.10 Å². The summed E-state index contributed by atoms with van der Waals surface area (Å²) in [5.74, 6) is 0.493. The molecule has 0 fully saturated rings. The molecule has 0 aliphatic heterocycles. The van der Waals surface area contributed by atoms with Crippen molar-refractivity contribution in [3.05, 3.63) is 5.69 Å². The second kappa shape index (κ2) is 2.92. The highest BCUT2D eigenvalue weighted by atomic mass is 15.4. The highest BCUT2D eigenvalue weighted by Gasteiger charge is 2.20. The molecule has 0 aromatic carbocycles. The minimum absolute atomic E-state index is 0.161. The monoisotopic (exact) mass is 183 g/mol. The van der Waals surface area contributed by atoms with Crippen LogP contribution in [0.1, 0.15) is 26.5 Å². The molecule has 1 aromatic rings. The van der Waals surface area contributed by atoms with E-state index >= 15 is 0 Å². The predicted molar refractivity (Wildman–Crippen MR) is 53.9 cm³/mol. The molecule has 5 heteroatoms. The Labute approximate surface area is 77.9 Å². The highest BCUT2D eigenvalue weighted by Crippen LogP contribution is 2.25. The first-order valence-corrected chi connectivity index (χ1v) is 4.21. The highest BCUT2D eigenvalue weighted by molar-refractivity contribution is 5.62. The molecule has 6 N–H and O–H groups in total. The standard InChI is InChI=1S/C8H17N5/c1-8(2,3)13-7(11)6(10)5(4-9)12-13/h4,9-11H2,1-3H3. The third-order valence-electron chi connectivity index (χ3n) is 1.86. The van der Waals surface area contributed by atoms with Crippen LogP contribution in [0.15, 0.2) is 0 Å². The fraction of sp³-hybridized carbons (Fsp3) is 0.625. The summed E-state index contributed by atoms with van der Waals surface area (Å²) in [6, 6.07) is 0. The maximum Gasteiger partial charge on any atom is 0.146 e. The van der Waals surface area contributed by atoms with Crippen molar-refractivity contribution in [3.63, 3.8) is 0 Å². The lowest BCUT2D eigenvalue weighted by molar-refractivity contribution is 0.359. The van der Waals surface area contributed by atoms with Crippen molar-refractivity contribution in [2.75, 3.05) is 11.5 Å². The summed E-state index contributed by atoms with van der Waals surface area (Å²) in [6.07, 6.45) is 0. The van der Waals surface area contributed by atoms with Crippen molar-refractivity contribution in [3.8, 4) is 0 Å². The first-order chi connectivity index (χ1) is 5.88. The summed E-state index contributed by atoms with van der Waals surface area (Å²) in [4.78, 5) is 0. The van der Waals surface area contributed by atoms with Gasteiger partial charge < -0.3 is 17.2 Å². The lowest BCUT2D eigenvalue weighted by Gasteiger charge is -2.20. The molecule has 74 valence electrons. The second-order valence-corrected chi connectivity index (χ2v) is 4.03. The molecule has 0 aliphatic rings. The zero-order chi connectivity index (χ0) is 10.2. The number of nitrogen functional groups attached to an aromatic ring is 2. The first kappa shape index (κ1) is 9.85. The fourth-order valence-electron chi connectivity index (χ4n) is 1.15. The third kappa shape index (κ3) is 1.60. The van der Waals surface area contributed by atoms with Gasteiger partial charge in [-0.15, -0.1) is 0 Å². The summed E-state index contributed by atoms with van der Waals surface area (Å²) >= 11 is 0. The van der Waals surface area contributed by atoms with Gasteiger partial charge in [-0.1, -0.05) is 0 Å². The Morgan fingerprint density at radius 1 is 1.31 bits per heavy atom. The third-order valence-corrected chi connectivity index (χ3v) is 1.86. The lowest BCUT2D eigenvalue weighted by Crippen LogP contribution is -2.25. The Morgan fingerprint density at radius 2 is 1.85 bits per heavy atom. The van der Waals surface area contributed by atoms with Crippen LogP contribution in [0.3, 0.4) is 0 Å². The molecular formula is C8H17N5. The van der Waals surface area contributed by atoms with Gasteiger partial charge in [0.2, 0.25) is 0 Å². The van der Waals surface area contributed by atoms with Gasteiger partial charge in [0.05, 0.1) is 11.2 Å². The van der Waals surface area contributed by atoms with E-state index in [9.17, 15) is 0 Å². The first-order valence-electron chi connectivity index (χ1n) is 4.21. The van der Waals surface area contributed by atoms with Gasteiger partial charge in [0.1, 0.15) is 11.5 Å². The van der Waals surface area contributed by atoms with E-state index in [-0.39, 0.29) is 5.54 Å². The van der Waals surface area contributed by atoms with Crippen LogP contribution in [0.2, 0.25) is 0 Å². The molecule has 0 saturated carbocycles. The minimum atomic E-state index is -0.161. The topological polar surface area (TPSA) is 95.9 Å². The van der Waals surface area contributed by atoms with Crippen LogP contribution in [0.4, 0.5) is 11.5 Å². The van der Waals surface area contributed by atoms with Crippen LogP contribution in [0, 0.1) is 0 Å². The molecule has 1 heterocycles. The fourth-order valence-corrected chi connectivity index (χ4v) is 1.15. The maximum atomic E-state index is 5.79. The molecule has 0 unspecified atom stereocenters. The van der Waals surface area contributed by atoms with Crippen LogP contribution in [0.25, 0.3) is 0 Å². The Balaban J connectivity index is 3.25. The van der Waals surface area contributed by atoms with E-state index in [0.717, 1.165) is 0 Å². The lowest BCUT2D eigenvalue weighted by atomic mass is 10.1. The zero-order valence-corrected chi connectivity index (χ0v) is 8.33. The van der Waals surface area contributed by atoms with Crippen molar-refractivity contribution in [2.24, 2.45) is 5.73 Å². The van der Waals surface area contributed by atoms with Crippen LogP contribution >= 0.6 is 0 Å².